The van der Waals surface area contributed by atoms with Crippen molar-refractivity contribution in [1.29, 1.82) is 0 Å². The van der Waals surface area contributed by atoms with E-state index in [1.165, 1.54) is 0 Å². The summed E-state index contributed by atoms with van der Waals surface area (Å²) in [5.74, 6) is 0.360. The molecule has 0 aliphatic carbocycles. The van der Waals surface area contributed by atoms with E-state index in [-0.39, 0.29) is 30.1 Å². The number of rotatable bonds is 7. The fourth-order valence-corrected chi connectivity index (χ4v) is 1.49. The molecule has 0 bridgehead atoms. The van der Waals surface area contributed by atoms with Crippen LogP contribution in [0, 0.1) is 0 Å². The van der Waals surface area contributed by atoms with Gasteiger partial charge in [0.2, 0.25) is 0 Å². The number of amides is 1. The molecule has 0 saturated carbocycles. The molecule has 0 rings (SSSR count). The van der Waals surface area contributed by atoms with Crippen molar-refractivity contribution in [2.75, 3.05) is 26.2 Å². The molecule has 0 unspecified atom stereocenters. The molecule has 0 aromatic carbocycles. The van der Waals surface area contributed by atoms with E-state index in [9.17, 15) is 4.79 Å². The molecule has 0 heterocycles. The third-order valence-corrected chi connectivity index (χ3v) is 2.35. The molecule has 22 heavy (non-hydrogen) atoms. The fraction of sp³-hybridized carbons (Fsp3) is 0.733. The first-order valence-electron chi connectivity index (χ1n) is 7.31. The van der Waals surface area contributed by atoms with Gasteiger partial charge in [0.15, 0.2) is 5.96 Å². The molecule has 0 saturated heterocycles. The number of guanidine groups is 1. The molecule has 0 atom stereocenters. The second kappa shape index (κ2) is 11.6. The van der Waals surface area contributed by atoms with Gasteiger partial charge in [0.05, 0.1) is 6.54 Å². The van der Waals surface area contributed by atoms with E-state index >= 15 is 0 Å². The predicted molar refractivity (Wildman–Crippen MR) is 103 cm³/mol. The summed E-state index contributed by atoms with van der Waals surface area (Å²) in [7, 11) is 0. The van der Waals surface area contributed by atoms with Crippen LogP contribution in [0.2, 0.25) is 0 Å². The molecule has 3 N–H and O–H groups in total. The highest BCUT2D eigenvalue weighted by Gasteiger charge is 2.21. The summed E-state index contributed by atoms with van der Waals surface area (Å²) >= 11 is 0. The number of ether oxygens (including phenoxy) is 1. The SMILES string of the molecule is C=C(C)CN=C(N)NCCN(CCC)C(=O)OC(C)(C)C.I. The minimum absolute atomic E-state index is 0. The monoisotopic (exact) mass is 426 g/mol. The first-order valence-corrected chi connectivity index (χ1v) is 7.31. The van der Waals surface area contributed by atoms with Crippen molar-refractivity contribution in [2.45, 2.75) is 46.6 Å². The summed E-state index contributed by atoms with van der Waals surface area (Å²) in [4.78, 5) is 17.8. The number of nitrogens with one attached hydrogen (secondary N) is 1. The molecule has 1 amide bonds. The number of hydrogen-bond donors (Lipinski definition) is 2. The number of carbonyl (C=O) groups excluding carboxylic acids is 1. The Morgan fingerprint density at radius 3 is 2.41 bits per heavy atom. The smallest absolute Gasteiger partial charge is 0.410 e. The lowest BCUT2D eigenvalue weighted by Gasteiger charge is -2.27. The second-order valence-electron chi connectivity index (χ2n) is 6.05. The minimum Gasteiger partial charge on any atom is -0.444 e. The molecule has 130 valence electrons. The molecule has 6 nitrogen and oxygen atoms in total. The average Bonchev–Trinajstić information content (AvgIpc) is 2.33. The highest BCUT2D eigenvalue weighted by molar-refractivity contribution is 14.0. The normalized spacial score (nSPS) is 11.4. The van der Waals surface area contributed by atoms with Crippen molar-refractivity contribution in [2.24, 2.45) is 10.7 Å². The highest BCUT2D eigenvalue weighted by atomic mass is 127. The number of halogens is 1. The first kappa shape index (κ1) is 23.3. The van der Waals surface area contributed by atoms with Crippen LogP contribution in [0.4, 0.5) is 4.79 Å². The number of aliphatic imine (C=N–C) groups is 1. The first-order chi connectivity index (χ1) is 9.65. The maximum atomic E-state index is 12.0. The summed E-state index contributed by atoms with van der Waals surface area (Å²) in [6.07, 6.45) is 0.571. The van der Waals surface area contributed by atoms with Crippen LogP contribution in [0.25, 0.3) is 0 Å². The molecule has 0 radical (unpaired) electrons. The Kier molecular flexibility index (Phi) is 12.2. The molecule has 0 spiro atoms. The van der Waals surface area contributed by atoms with E-state index in [2.05, 4.69) is 16.9 Å². The second-order valence-corrected chi connectivity index (χ2v) is 6.05. The van der Waals surface area contributed by atoms with Crippen molar-refractivity contribution in [3.05, 3.63) is 12.2 Å². The van der Waals surface area contributed by atoms with Gasteiger partial charge in [0.25, 0.3) is 0 Å². The summed E-state index contributed by atoms with van der Waals surface area (Å²) in [5.41, 5.74) is 6.18. The topological polar surface area (TPSA) is 80.0 Å². The zero-order valence-electron chi connectivity index (χ0n) is 14.4. The van der Waals surface area contributed by atoms with Crippen LogP contribution in [-0.4, -0.2) is 48.7 Å². The lowest BCUT2D eigenvalue weighted by molar-refractivity contribution is 0.0253. The van der Waals surface area contributed by atoms with Crippen LogP contribution in [0.15, 0.2) is 17.1 Å². The van der Waals surface area contributed by atoms with Crippen molar-refractivity contribution >= 4 is 36.0 Å². The fourth-order valence-electron chi connectivity index (χ4n) is 1.49. The maximum absolute atomic E-state index is 12.0. The van der Waals surface area contributed by atoms with E-state index in [0.717, 1.165) is 12.0 Å². The van der Waals surface area contributed by atoms with Gasteiger partial charge in [-0.15, -0.1) is 24.0 Å². The van der Waals surface area contributed by atoms with Crippen LogP contribution in [0.3, 0.4) is 0 Å². The molecular formula is C15H31IN4O2. The quantitative estimate of drug-likeness (QED) is 0.284. The van der Waals surface area contributed by atoms with Gasteiger partial charge < -0.3 is 20.7 Å². The van der Waals surface area contributed by atoms with Gasteiger partial charge in [-0.2, -0.15) is 0 Å². The lowest BCUT2D eigenvalue weighted by atomic mass is 10.2. The van der Waals surface area contributed by atoms with Gasteiger partial charge in [0.1, 0.15) is 5.60 Å². The summed E-state index contributed by atoms with van der Waals surface area (Å²) < 4.78 is 5.38. The molecule has 7 heteroatoms. The number of nitrogens with two attached hydrogens (primary N) is 1. The Labute approximate surface area is 151 Å². The largest absolute Gasteiger partial charge is 0.444 e. The highest BCUT2D eigenvalue weighted by Crippen LogP contribution is 2.09. The molecule has 0 aliphatic heterocycles. The number of nitrogens with zero attached hydrogens (tertiary/aromatic N) is 2. The Balaban J connectivity index is 0. The van der Waals surface area contributed by atoms with E-state index in [0.29, 0.717) is 32.1 Å². The van der Waals surface area contributed by atoms with Gasteiger partial charge in [-0.25, -0.2) is 9.79 Å². The molecule has 0 aromatic rings. The molecule has 0 fully saturated rings. The van der Waals surface area contributed by atoms with Gasteiger partial charge in [-0.3, -0.25) is 0 Å². The van der Waals surface area contributed by atoms with Crippen LogP contribution in [0.5, 0.6) is 0 Å². The van der Waals surface area contributed by atoms with Crippen molar-refractivity contribution < 1.29 is 9.53 Å². The summed E-state index contributed by atoms with van der Waals surface area (Å²) in [5, 5.41) is 2.98. The Morgan fingerprint density at radius 2 is 1.95 bits per heavy atom. The predicted octanol–water partition coefficient (Wildman–Crippen LogP) is 2.73. The van der Waals surface area contributed by atoms with Crippen LogP contribution in [0.1, 0.15) is 41.0 Å². The zero-order valence-corrected chi connectivity index (χ0v) is 16.8. The third-order valence-electron chi connectivity index (χ3n) is 2.35. The van der Waals surface area contributed by atoms with E-state index in [1.54, 1.807) is 4.90 Å². The van der Waals surface area contributed by atoms with Gasteiger partial charge in [-0.1, -0.05) is 19.1 Å². The summed E-state index contributed by atoms with van der Waals surface area (Å²) in [6, 6.07) is 0. The van der Waals surface area contributed by atoms with E-state index < -0.39 is 5.60 Å². The van der Waals surface area contributed by atoms with E-state index in [1.807, 2.05) is 34.6 Å². The Hall–Kier alpha value is -0.990. The van der Waals surface area contributed by atoms with Crippen molar-refractivity contribution in [3.8, 4) is 0 Å². The lowest BCUT2D eigenvalue weighted by Crippen LogP contribution is -2.43. The van der Waals surface area contributed by atoms with Gasteiger partial charge in [-0.05, 0) is 34.1 Å². The number of carbonyl (C=O) groups is 1. The van der Waals surface area contributed by atoms with Crippen LogP contribution < -0.4 is 11.1 Å². The van der Waals surface area contributed by atoms with Gasteiger partial charge >= 0.3 is 6.09 Å². The average molecular weight is 426 g/mol. The standard InChI is InChI=1S/C15H30N4O2.HI/c1-7-9-19(14(20)21-15(4,5)6)10-8-17-13(16)18-11-12(2)3;/h2,7-11H2,1,3-6H3,(H3,16,17,18);1H. The molecule has 0 aliphatic rings. The zero-order chi connectivity index (χ0) is 16.5. The molecular weight excluding hydrogens is 395 g/mol. The minimum atomic E-state index is -0.488. The van der Waals surface area contributed by atoms with E-state index in [4.69, 9.17) is 10.5 Å². The van der Waals surface area contributed by atoms with Crippen molar-refractivity contribution in [1.82, 2.24) is 10.2 Å². The van der Waals surface area contributed by atoms with Gasteiger partial charge in [0, 0.05) is 19.6 Å². The van der Waals surface area contributed by atoms with Crippen LogP contribution >= 0.6 is 24.0 Å². The van der Waals surface area contributed by atoms with Crippen LogP contribution in [-0.2, 0) is 4.74 Å². The van der Waals surface area contributed by atoms with Crippen molar-refractivity contribution in [3.63, 3.8) is 0 Å². The summed E-state index contributed by atoms with van der Waals surface area (Å²) in [6.45, 7) is 15.4. The maximum Gasteiger partial charge on any atom is 0.410 e. The Bertz CT molecular complexity index is 378. The number of hydrogen-bond acceptors (Lipinski definition) is 3. The molecule has 0 aromatic heterocycles. The third kappa shape index (κ3) is 12.7. The Morgan fingerprint density at radius 1 is 1.36 bits per heavy atom.